The van der Waals surface area contributed by atoms with Crippen molar-refractivity contribution >= 4 is 29.4 Å². The Kier molecular flexibility index (Phi) is 7.41. The molecule has 8 heteroatoms. The van der Waals surface area contributed by atoms with Gasteiger partial charge in [0.2, 0.25) is 0 Å². The molecule has 2 atom stereocenters. The maximum absolute atomic E-state index is 12.4. The van der Waals surface area contributed by atoms with Crippen LogP contribution in [0.25, 0.3) is 0 Å². The molecule has 7 nitrogen and oxygen atoms in total. The maximum Gasteiger partial charge on any atom is 0.329 e. The highest BCUT2D eigenvalue weighted by molar-refractivity contribution is 6.33. The number of benzene rings is 1. The van der Waals surface area contributed by atoms with Gasteiger partial charge in [0.15, 0.2) is 6.10 Å². The lowest BCUT2D eigenvalue weighted by molar-refractivity contribution is -0.156. The molecule has 1 unspecified atom stereocenters. The zero-order chi connectivity index (χ0) is 20.7. The molecule has 0 spiro atoms. The molecule has 2 amide bonds. The summed E-state index contributed by atoms with van der Waals surface area (Å²) in [5.74, 6) is -1.79. The maximum atomic E-state index is 12.4. The normalized spacial score (nSPS) is 17.5. The summed E-state index contributed by atoms with van der Waals surface area (Å²) in [6.45, 7) is 2.89. The van der Waals surface area contributed by atoms with E-state index in [0.717, 1.165) is 19.3 Å². The van der Waals surface area contributed by atoms with Gasteiger partial charge in [-0.25, -0.2) is 4.79 Å². The molecule has 0 bridgehead atoms. The molecule has 0 aromatic heterocycles. The predicted octanol–water partition coefficient (Wildman–Crippen LogP) is 2.73. The summed E-state index contributed by atoms with van der Waals surface area (Å²) >= 11 is 5.97. The van der Waals surface area contributed by atoms with E-state index in [4.69, 9.17) is 16.3 Å². The van der Waals surface area contributed by atoms with Crippen molar-refractivity contribution in [2.75, 3.05) is 0 Å². The largest absolute Gasteiger partial charge is 0.451 e. The second-order valence-corrected chi connectivity index (χ2v) is 7.41. The summed E-state index contributed by atoms with van der Waals surface area (Å²) in [7, 11) is 0. The number of halogens is 1. The van der Waals surface area contributed by atoms with Crippen LogP contribution in [0, 0.1) is 11.3 Å². The number of carbonyl (C=O) groups excluding carboxylic acids is 3. The molecule has 0 aliphatic heterocycles. The number of hydrogen-bond donors (Lipinski definition) is 2. The first-order valence-electron chi connectivity index (χ1n) is 9.27. The van der Waals surface area contributed by atoms with Crippen molar-refractivity contribution in [3.8, 4) is 6.07 Å². The van der Waals surface area contributed by atoms with Crippen molar-refractivity contribution in [1.29, 1.82) is 5.26 Å². The van der Waals surface area contributed by atoms with Gasteiger partial charge in [0.05, 0.1) is 16.7 Å². The Bertz CT molecular complexity index is 784. The minimum Gasteiger partial charge on any atom is -0.451 e. The molecule has 2 rings (SSSR count). The van der Waals surface area contributed by atoms with Crippen LogP contribution in [0.5, 0.6) is 0 Å². The third-order valence-electron chi connectivity index (χ3n) is 4.77. The molecule has 1 aliphatic carbocycles. The Morgan fingerprint density at radius 1 is 1.18 bits per heavy atom. The van der Waals surface area contributed by atoms with Gasteiger partial charge in [-0.05, 0) is 38.8 Å². The molecule has 1 aromatic carbocycles. The summed E-state index contributed by atoms with van der Waals surface area (Å²) in [6, 6.07) is 7.68. The van der Waals surface area contributed by atoms with Crippen LogP contribution >= 0.6 is 11.6 Å². The average molecular weight is 406 g/mol. The summed E-state index contributed by atoms with van der Waals surface area (Å²) < 4.78 is 5.16. The van der Waals surface area contributed by atoms with Gasteiger partial charge in [-0.15, -0.1) is 0 Å². The van der Waals surface area contributed by atoms with Crippen LogP contribution in [0.2, 0.25) is 5.02 Å². The molecule has 28 heavy (non-hydrogen) atoms. The summed E-state index contributed by atoms with van der Waals surface area (Å²) in [5, 5.41) is 14.9. The monoisotopic (exact) mass is 405 g/mol. The molecule has 150 valence electrons. The van der Waals surface area contributed by atoms with Crippen LogP contribution < -0.4 is 10.6 Å². The quantitative estimate of drug-likeness (QED) is 0.707. The Morgan fingerprint density at radius 3 is 2.43 bits per heavy atom. The minimum atomic E-state index is -1.08. The van der Waals surface area contributed by atoms with E-state index in [-0.39, 0.29) is 10.6 Å². The summed E-state index contributed by atoms with van der Waals surface area (Å²) in [4.78, 5) is 36.8. The van der Waals surface area contributed by atoms with E-state index in [9.17, 15) is 19.6 Å². The number of carbonyl (C=O) groups is 3. The first-order chi connectivity index (χ1) is 13.3. The zero-order valence-electron chi connectivity index (χ0n) is 16.0. The Hall–Kier alpha value is -2.59. The van der Waals surface area contributed by atoms with Crippen LogP contribution in [-0.4, -0.2) is 35.5 Å². The van der Waals surface area contributed by atoms with Gasteiger partial charge >= 0.3 is 5.97 Å². The molecule has 1 aromatic rings. The van der Waals surface area contributed by atoms with Crippen molar-refractivity contribution < 1.29 is 19.1 Å². The fourth-order valence-corrected chi connectivity index (χ4v) is 3.29. The van der Waals surface area contributed by atoms with Gasteiger partial charge in [-0.3, -0.25) is 9.59 Å². The van der Waals surface area contributed by atoms with E-state index in [2.05, 4.69) is 16.7 Å². The fraction of sp³-hybridized carbons (Fsp3) is 0.500. The number of hydrogen-bond acceptors (Lipinski definition) is 5. The van der Waals surface area contributed by atoms with E-state index in [1.54, 1.807) is 18.2 Å². The lowest BCUT2D eigenvalue weighted by Crippen LogP contribution is -2.52. The van der Waals surface area contributed by atoms with Gasteiger partial charge in [0, 0.05) is 0 Å². The zero-order valence-corrected chi connectivity index (χ0v) is 16.7. The predicted molar refractivity (Wildman–Crippen MR) is 104 cm³/mol. The number of ether oxygens (including phenoxy) is 1. The Labute approximate surface area is 169 Å². The van der Waals surface area contributed by atoms with E-state index < -0.39 is 35.5 Å². The topological polar surface area (TPSA) is 108 Å². The van der Waals surface area contributed by atoms with Crippen molar-refractivity contribution in [2.45, 2.75) is 63.6 Å². The van der Waals surface area contributed by atoms with Gasteiger partial charge in [-0.2, -0.15) is 5.26 Å². The first kappa shape index (κ1) is 21.7. The third-order valence-corrected chi connectivity index (χ3v) is 5.09. The van der Waals surface area contributed by atoms with Crippen molar-refractivity contribution in [3.63, 3.8) is 0 Å². The number of esters is 1. The molecular formula is C20H24ClN3O4. The molecule has 2 N–H and O–H groups in total. The standard InChI is InChI=1S/C20H24ClN3O4/c1-13(23-18(26)15-8-4-5-9-16(15)21)19(27)28-14(2)17(25)24-20(12-22)10-6-3-7-11-20/h4-5,8-9,13-14H,3,6-7,10-11H2,1-2H3,(H,23,26)(H,24,25)/t13-,14?/m0/s1. The molecule has 1 fully saturated rings. The Morgan fingerprint density at radius 2 is 1.82 bits per heavy atom. The third kappa shape index (κ3) is 5.46. The van der Waals surface area contributed by atoms with Gasteiger partial charge in [0.25, 0.3) is 11.8 Å². The molecule has 0 saturated heterocycles. The van der Waals surface area contributed by atoms with E-state index in [0.29, 0.717) is 12.8 Å². The molecule has 1 aliphatic rings. The van der Waals surface area contributed by atoms with E-state index in [1.807, 2.05) is 0 Å². The number of nitriles is 1. The second kappa shape index (κ2) is 9.56. The number of amides is 2. The first-order valence-corrected chi connectivity index (χ1v) is 9.65. The van der Waals surface area contributed by atoms with Crippen molar-refractivity contribution in [1.82, 2.24) is 10.6 Å². The van der Waals surface area contributed by atoms with Crippen molar-refractivity contribution in [2.24, 2.45) is 0 Å². The number of nitrogens with one attached hydrogen (secondary N) is 2. The van der Waals surface area contributed by atoms with Gasteiger partial charge < -0.3 is 15.4 Å². The average Bonchev–Trinajstić information content (AvgIpc) is 2.68. The van der Waals surface area contributed by atoms with E-state index >= 15 is 0 Å². The highest BCUT2D eigenvalue weighted by Crippen LogP contribution is 2.27. The number of rotatable bonds is 6. The summed E-state index contributed by atoms with van der Waals surface area (Å²) in [6.07, 6.45) is 2.85. The van der Waals surface area contributed by atoms with Crippen molar-refractivity contribution in [3.05, 3.63) is 34.9 Å². The van der Waals surface area contributed by atoms with Crippen LogP contribution in [0.15, 0.2) is 24.3 Å². The number of nitrogens with zero attached hydrogens (tertiary/aromatic N) is 1. The lowest BCUT2D eigenvalue weighted by atomic mass is 9.83. The fourth-order valence-electron chi connectivity index (χ4n) is 3.07. The van der Waals surface area contributed by atoms with Crippen LogP contribution in [0.4, 0.5) is 0 Å². The molecule has 0 radical (unpaired) electrons. The Balaban J connectivity index is 1.90. The SMILES string of the molecule is CC(OC(=O)[C@H](C)NC(=O)c1ccccc1Cl)C(=O)NC1(C#N)CCCCC1. The molecule has 0 heterocycles. The minimum absolute atomic E-state index is 0.239. The smallest absolute Gasteiger partial charge is 0.329 e. The lowest BCUT2D eigenvalue weighted by Gasteiger charge is -2.32. The molecular weight excluding hydrogens is 382 g/mol. The second-order valence-electron chi connectivity index (χ2n) is 7.00. The summed E-state index contributed by atoms with van der Waals surface area (Å²) in [5.41, 5.74) is -0.664. The van der Waals surface area contributed by atoms with Crippen LogP contribution in [-0.2, 0) is 14.3 Å². The highest BCUT2D eigenvalue weighted by atomic mass is 35.5. The van der Waals surface area contributed by atoms with E-state index in [1.165, 1.54) is 19.9 Å². The van der Waals surface area contributed by atoms with Crippen LogP contribution in [0.3, 0.4) is 0 Å². The van der Waals surface area contributed by atoms with Crippen LogP contribution in [0.1, 0.15) is 56.3 Å². The van der Waals surface area contributed by atoms with Gasteiger partial charge in [0.1, 0.15) is 11.6 Å². The highest BCUT2D eigenvalue weighted by Gasteiger charge is 2.35. The molecule has 1 saturated carbocycles. The van der Waals surface area contributed by atoms with Gasteiger partial charge in [-0.1, -0.05) is 43.0 Å².